The van der Waals surface area contributed by atoms with Gasteiger partial charge in [-0.3, -0.25) is 14.3 Å². The van der Waals surface area contributed by atoms with E-state index >= 15 is 0 Å². The Hall–Kier alpha value is -1.00. The third-order valence-electron chi connectivity index (χ3n) is 4.32. The number of thiophene rings is 1. The smallest absolute Gasteiger partial charge is 0.305 e. The zero-order valence-electron chi connectivity index (χ0n) is 13.3. The summed E-state index contributed by atoms with van der Waals surface area (Å²) in [5.41, 5.74) is -0.191. The quantitative estimate of drug-likeness (QED) is 0.574. The van der Waals surface area contributed by atoms with Crippen molar-refractivity contribution in [1.29, 1.82) is 0 Å². The second kappa shape index (κ2) is 6.48. The maximum absolute atomic E-state index is 12.4. The van der Waals surface area contributed by atoms with E-state index in [-0.39, 0.29) is 9.90 Å². The molecule has 0 N–H and O–H groups in total. The Morgan fingerprint density at radius 2 is 2.04 bits per heavy atom. The van der Waals surface area contributed by atoms with Gasteiger partial charge in [0, 0.05) is 42.0 Å². The first-order chi connectivity index (χ1) is 10.6. The number of hydrogen-bond acceptors (Lipinski definition) is 7. The maximum Gasteiger partial charge on any atom is 0.305 e. The lowest BCUT2D eigenvalue weighted by Crippen LogP contribution is -2.53. The molecule has 0 aromatic carbocycles. The fraction of sp³-hybridized carbons (Fsp3) is 0.692. The number of nitrogens with zero attached hydrogens (tertiary/aromatic N) is 2. The molecule has 0 bridgehead atoms. The number of hydrogen-bond donors (Lipinski definition) is 0. The first-order valence-corrected chi connectivity index (χ1v) is 11.3. The molecule has 1 saturated heterocycles. The van der Waals surface area contributed by atoms with Crippen LogP contribution in [0, 0.1) is 10.1 Å². The van der Waals surface area contributed by atoms with Crippen LogP contribution < -0.4 is 4.90 Å². The Morgan fingerprint density at radius 1 is 1.43 bits per heavy atom. The fourth-order valence-corrected chi connectivity index (χ4v) is 6.58. The van der Waals surface area contributed by atoms with E-state index in [1.807, 2.05) is 18.7 Å². The zero-order chi connectivity index (χ0) is 17.4. The molecule has 1 aliphatic rings. The van der Waals surface area contributed by atoms with Gasteiger partial charge in [0.2, 0.25) is 0 Å². The Morgan fingerprint density at radius 3 is 2.52 bits per heavy atom. The lowest BCUT2D eigenvalue weighted by atomic mass is 10.0. The van der Waals surface area contributed by atoms with Crippen molar-refractivity contribution >= 4 is 42.7 Å². The Kier molecular flexibility index (Phi) is 5.17. The molecule has 1 aliphatic heterocycles. The van der Waals surface area contributed by atoms with E-state index in [1.165, 1.54) is 0 Å². The van der Waals surface area contributed by atoms with Crippen LogP contribution in [0.2, 0.25) is 0 Å². The molecule has 23 heavy (non-hydrogen) atoms. The minimum absolute atomic E-state index is 0.00973. The predicted molar refractivity (Wildman–Crippen MR) is 92.6 cm³/mol. The summed E-state index contributed by atoms with van der Waals surface area (Å²) < 4.78 is 35.4. The summed E-state index contributed by atoms with van der Waals surface area (Å²) in [4.78, 5) is 12.6. The maximum atomic E-state index is 12.4. The van der Waals surface area contributed by atoms with Gasteiger partial charge in [0.25, 0.3) is 0 Å². The summed E-state index contributed by atoms with van der Waals surface area (Å²) in [6.45, 7) is 4.81. The SMILES string of the molecule is CCC1(CC)CN(c2sc(S(C)(=O)=O)cc2[N+](=O)[O-])CCS1=O. The highest BCUT2D eigenvalue weighted by molar-refractivity contribution is 7.92. The topological polar surface area (TPSA) is 97.6 Å². The monoisotopic (exact) mass is 380 g/mol. The van der Waals surface area contributed by atoms with Crippen molar-refractivity contribution in [2.45, 2.75) is 35.6 Å². The number of rotatable bonds is 5. The summed E-state index contributed by atoms with van der Waals surface area (Å²) in [7, 11) is -4.48. The van der Waals surface area contributed by atoms with Crippen molar-refractivity contribution in [2.75, 3.05) is 30.0 Å². The van der Waals surface area contributed by atoms with Gasteiger partial charge in [-0.2, -0.15) is 0 Å². The van der Waals surface area contributed by atoms with Crippen molar-refractivity contribution in [2.24, 2.45) is 0 Å². The van der Waals surface area contributed by atoms with Crippen LogP contribution in [0.25, 0.3) is 0 Å². The van der Waals surface area contributed by atoms with Crippen molar-refractivity contribution in [1.82, 2.24) is 0 Å². The van der Waals surface area contributed by atoms with Crippen LogP contribution in [0.1, 0.15) is 26.7 Å². The van der Waals surface area contributed by atoms with Crippen LogP contribution in [-0.4, -0.2) is 47.4 Å². The molecule has 1 fully saturated rings. The highest BCUT2D eigenvalue weighted by Crippen LogP contribution is 2.42. The molecule has 2 heterocycles. The van der Waals surface area contributed by atoms with E-state index in [0.29, 0.717) is 36.7 Å². The van der Waals surface area contributed by atoms with Gasteiger partial charge in [-0.1, -0.05) is 25.2 Å². The molecule has 7 nitrogen and oxygen atoms in total. The van der Waals surface area contributed by atoms with Gasteiger partial charge in [-0.05, 0) is 12.8 Å². The van der Waals surface area contributed by atoms with E-state index in [4.69, 9.17) is 0 Å². The van der Waals surface area contributed by atoms with Crippen molar-refractivity contribution in [3.63, 3.8) is 0 Å². The molecule has 10 heteroatoms. The average Bonchev–Trinajstić information content (AvgIpc) is 2.93. The first-order valence-electron chi connectivity index (χ1n) is 7.26. The standard InChI is InChI=1S/C13H20N2O5S3/c1-4-13(5-2)9-14(6-7-22(13)18)12-10(15(16)17)8-11(21-12)23(3,19)20/h8H,4-7,9H2,1-3H3. The molecule has 0 radical (unpaired) electrons. The first kappa shape index (κ1) is 18.3. The Bertz CT molecular complexity index is 737. The van der Waals surface area contributed by atoms with Gasteiger partial charge in [-0.15, -0.1) is 0 Å². The lowest BCUT2D eigenvalue weighted by molar-refractivity contribution is -0.383. The number of anilines is 1. The van der Waals surface area contributed by atoms with E-state index in [0.717, 1.165) is 23.7 Å². The zero-order valence-corrected chi connectivity index (χ0v) is 15.7. The van der Waals surface area contributed by atoms with Gasteiger partial charge in [0.1, 0.15) is 4.21 Å². The molecule has 0 aliphatic carbocycles. The third-order valence-corrected chi connectivity index (χ3v) is 9.53. The van der Waals surface area contributed by atoms with Crippen LogP contribution in [0.4, 0.5) is 10.7 Å². The Balaban J connectivity index is 2.47. The van der Waals surface area contributed by atoms with Crippen LogP contribution in [0.3, 0.4) is 0 Å². The molecule has 0 spiro atoms. The molecule has 0 saturated carbocycles. The molecule has 130 valence electrons. The van der Waals surface area contributed by atoms with Gasteiger partial charge in [0.15, 0.2) is 14.8 Å². The summed E-state index contributed by atoms with van der Waals surface area (Å²) in [5.74, 6) is 0.435. The van der Waals surface area contributed by atoms with Crippen LogP contribution in [0.5, 0.6) is 0 Å². The largest absolute Gasteiger partial charge is 0.355 e. The summed E-state index contributed by atoms with van der Waals surface area (Å²) in [6.07, 6.45) is 2.47. The molecular formula is C13H20N2O5S3. The van der Waals surface area contributed by atoms with Gasteiger partial charge >= 0.3 is 5.69 Å². The van der Waals surface area contributed by atoms with Gasteiger partial charge in [0.05, 0.1) is 9.67 Å². The van der Waals surface area contributed by atoms with Crippen LogP contribution in [0.15, 0.2) is 10.3 Å². The van der Waals surface area contributed by atoms with Gasteiger partial charge < -0.3 is 4.90 Å². The molecule has 2 rings (SSSR count). The lowest BCUT2D eigenvalue weighted by Gasteiger charge is -2.41. The highest BCUT2D eigenvalue weighted by Gasteiger charge is 2.41. The van der Waals surface area contributed by atoms with E-state index in [9.17, 15) is 22.7 Å². The number of nitro groups is 1. The van der Waals surface area contributed by atoms with Crippen molar-refractivity contribution < 1.29 is 17.6 Å². The van der Waals surface area contributed by atoms with Crippen LogP contribution in [-0.2, 0) is 20.6 Å². The van der Waals surface area contributed by atoms with E-state index < -0.39 is 30.3 Å². The molecule has 1 aromatic heterocycles. The molecular weight excluding hydrogens is 360 g/mol. The minimum atomic E-state index is -3.50. The summed E-state index contributed by atoms with van der Waals surface area (Å²) >= 11 is 0.922. The predicted octanol–water partition coefficient (Wildman–Crippen LogP) is 2.19. The Labute approximate surface area is 142 Å². The third kappa shape index (κ3) is 3.43. The molecule has 0 amide bonds. The summed E-state index contributed by atoms with van der Waals surface area (Å²) in [5, 5.41) is 11.6. The molecule has 1 aromatic rings. The number of sulfone groups is 1. The average molecular weight is 381 g/mol. The highest BCUT2D eigenvalue weighted by atomic mass is 32.2. The fourth-order valence-electron chi connectivity index (χ4n) is 2.77. The normalized spacial score (nSPS) is 21.3. The molecule has 1 atom stereocenters. The van der Waals surface area contributed by atoms with Crippen molar-refractivity contribution in [3.05, 3.63) is 16.2 Å². The minimum Gasteiger partial charge on any atom is -0.355 e. The summed E-state index contributed by atoms with van der Waals surface area (Å²) in [6, 6.07) is 1.13. The second-order valence-corrected chi connectivity index (χ2v) is 10.9. The van der Waals surface area contributed by atoms with E-state index in [2.05, 4.69) is 0 Å². The van der Waals surface area contributed by atoms with Gasteiger partial charge in [-0.25, -0.2) is 8.42 Å². The molecule has 1 unspecified atom stereocenters. The van der Waals surface area contributed by atoms with E-state index in [1.54, 1.807) is 0 Å². The second-order valence-electron chi connectivity index (χ2n) is 5.65. The van der Waals surface area contributed by atoms with Crippen molar-refractivity contribution in [3.8, 4) is 0 Å². The van der Waals surface area contributed by atoms with Crippen LogP contribution >= 0.6 is 11.3 Å².